The van der Waals surface area contributed by atoms with Crippen molar-refractivity contribution in [2.75, 3.05) is 14.1 Å². The molecule has 0 aromatic heterocycles. The molecule has 1 aliphatic rings. The summed E-state index contributed by atoms with van der Waals surface area (Å²) in [5.41, 5.74) is 2.69. The van der Waals surface area contributed by atoms with Crippen molar-refractivity contribution in [1.82, 2.24) is 10.2 Å². The van der Waals surface area contributed by atoms with Crippen LogP contribution in [0.5, 0.6) is 5.75 Å². The van der Waals surface area contributed by atoms with Gasteiger partial charge >= 0.3 is 0 Å². The number of rotatable bonds is 5. The maximum Gasteiger partial charge on any atom is 0.115 e. The SMILES string of the molecule is CN(C)C1C[C@@H](NCc2ccc(O)cc2)CC[C@@H]1c1ccccc1. The van der Waals surface area contributed by atoms with Gasteiger partial charge in [-0.2, -0.15) is 0 Å². The summed E-state index contributed by atoms with van der Waals surface area (Å²) in [6.45, 7) is 0.862. The molecule has 128 valence electrons. The zero-order chi connectivity index (χ0) is 16.9. The molecular formula is C21H28N2O. The van der Waals surface area contributed by atoms with E-state index >= 15 is 0 Å². The van der Waals surface area contributed by atoms with E-state index in [9.17, 15) is 5.11 Å². The summed E-state index contributed by atoms with van der Waals surface area (Å²) in [6, 6.07) is 19.5. The van der Waals surface area contributed by atoms with Gasteiger partial charge in [-0.3, -0.25) is 0 Å². The number of likely N-dealkylation sites (N-methyl/N-ethyl adjacent to an activating group) is 1. The monoisotopic (exact) mass is 324 g/mol. The molecule has 0 heterocycles. The highest BCUT2D eigenvalue weighted by Crippen LogP contribution is 2.35. The zero-order valence-corrected chi connectivity index (χ0v) is 14.7. The molecule has 0 bridgehead atoms. The predicted octanol–water partition coefficient (Wildman–Crippen LogP) is 3.75. The molecule has 1 unspecified atom stereocenters. The molecule has 2 aromatic carbocycles. The van der Waals surface area contributed by atoms with Crippen molar-refractivity contribution in [3.63, 3.8) is 0 Å². The van der Waals surface area contributed by atoms with Crippen LogP contribution >= 0.6 is 0 Å². The maximum atomic E-state index is 9.38. The number of benzene rings is 2. The first-order valence-corrected chi connectivity index (χ1v) is 8.86. The average molecular weight is 324 g/mol. The van der Waals surface area contributed by atoms with Gasteiger partial charge in [0.25, 0.3) is 0 Å². The summed E-state index contributed by atoms with van der Waals surface area (Å²) in [7, 11) is 4.39. The van der Waals surface area contributed by atoms with Crippen LogP contribution in [-0.4, -0.2) is 36.2 Å². The van der Waals surface area contributed by atoms with Crippen molar-refractivity contribution >= 4 is 0 Å². The minimum absolute atomic E-state index is 0.329. The van der Waals surface area contributed by atoms with E-state index in [2.05, 4.69) is 54.6 Å². The Hall–Kier alpha value is -1.84. The van der Waals surface area contributed by atoms with Crippen molar-refractivity contribution in [1.29, 1.82) is 0 Å². The van der Waals surface area contributed by atoms with Crippen LogP contribution in [0, 0.1) is 0 Å². The Morgan fingerprint density at radius 2 is 1.71 bits per heavy atom. The zero-order valence-electron chi connectivity index (χ0n) is 14.7. The number of hydrogen-bond acceptors (Lipinski definition) is 3. The van der Waals surface area contributed by atoms with Gasteiger partial charge in [0.15, 0.2) is 0 Å². The Labute approximate surface area is 145 Å². The Bertz CT molecular complexity index is 624. The van der Waals surface area contributed by atoms with Crippen LogP contribution in [0.4, 0.5) is 0 Å². The van der Waals surface area contributed by atoms with Gasteiger partial charge in [0, 0.05) is 18.6 Å². The van der Waals surface area contributed by atoms with Crippen molar-refractivity contribution in [2.24, 2.45) is 0 Å². The van der Waals surface area contributed by atoms with Crippen molar-refractivity contribution < 1.29 is 5.11 Å². The fraction of sp³-hybridized carbons (Fsp3) is 0.429. The molecule has 2 aromatic rings. The minimum atomic E-state index is 0.329. The second-order valence-electron chi connectivity index (χ2n) is 7.11. The first-order valence-electron chi connectivity index (χ1n) is 8.86. The van der Waals surface area contributed by atoms with E-state index < -0.39 is 0 Å². The van der Waals surface area contributed by atoms with Gasteiger partial charge in [-0.05, 0) is 62.5 Å². The Morgan fingerprint density at radius 1 is 1.00 bits per heavy atom. The van der Waals surface area contributed by atoms with E-state index in [4.69, 9.17) is 0 Å². The first kappa shape index (κ1) is 17.0. The highest BCUT2D eigenvalue weighted by Gasteiger charge is 2.32. The summed E-state index contributed by atoms with van der Waals surface area (Å²) in [4.78, 5) is 2.38. The lowest BCUT2D eigenvalue weighted by Crippen LogP contribution is -2.45. The molecule has 0 spiro atoms. The number of phenols is 1. The molecule has 0 radical (unpaired) electrons. The van der Waals surface area contributed by atoms with E-state index in [1.54, 1.807) is 12.1 Å². The van der Waals surface area contributed by atoms with E-state index in [0.29, 0.717) is 23.8 Å². The van der Waals surface area contributed by atoms with Crippen LogP contribution in [-0.2, 0) is 6.54 Å². The highest BCUT2D eigenvalue weighted by atomic mass is 16.3. The van der Waals surface area contributed by atoms with E-state index in [0.717, 1.165) is 6.54 Å². The lowest BCUT2D eigenvalue weighted by atomic mass is 9.77. The molecule has 3 atom stereocenters. The summed E-state index contributed by atoms with van der Waals surface area (Å²) in [5.74, 6) is 0.947. The van der Waals surface area contributed by atoms with Gasteiger partial charge in [-0.25, -0.2) is 0 Å². The topological polar surface area (TPSA) is 35.5 Å². The summed E-state index contributed by atoms with van der Waals surface area (Å²) < 4.78 is 0. The number of nitrogens with one attached hydrogen (secondary N) is 1. The van der Waals surface area contributed by atoms with Gasteiger partial charge in [0.05, 0.1) is 0 Å². The normalized spacial score (nSPS) is 24.2. The Kier molecular flexibility index (Phi) is 5.54. The molecule has 3 heteroatoms. The molecule has 3 rings (SSSR count). The third-order valence-electron chi connectivity index (χ3n) is 5.24. The highest BCUT2D eigenvalue weighted by molar-refractivity contribution is 5.26. The molecule has 24 heavy (non-hydrogen) atoms. The second kappa shape index (κ2) is 7.82. The van der Waals surface area contributed by atoms with Gasteiger partial charge in [-0.1, -0.05) is 42.5 Å². The van der Waals surface area contributed by atoms with E-state index in [1.165, 1.54) is 30.4 Å². The van der Waals surface area contributed by atoms with Gasteiger partial charge < -0.3 is 15.3 Å². The van der Waals surface area contributed by atoms with Crippen LogP contribution in [0.2, 0.25) is 0 Å². The lowest BCUT2D eigenvalue weighted by molar-refractivity contribution is 0.171. The maximum absolute atomic E-state index is 9.38. The van der Waals surface area contributed by atoms with Crippen LogP contribution < -0.4 is 5.32 Å². The molecule has 2 N–H and O–H groups in total. The summed E-state index contributed by atoms with van der Waals surface area (Å²) in [6.07, 6.45) is 3.60. The van der Waals surface area contributed by atoms with Crippen molar-refractivity contribution in [3.8, 4) is 5.75 Å². The average Bonchev–Trinajstić information content (AvgIpc) is 2.62. The number of hydrogen-bond donors (Lipinski definition) is 2. The van der Waals surface area contributed by atoms with Gasteiger partial charge in [0.1, 0.15) is 5.75 Å². The lowest BCUT2D eigenvalue weighted by Gasteiger charge is -2.40. The smallest absolute Gasteiger partial charge is 0.115 e. The molecule has 1 saturated carbocycles. The molecule has 0 aliphatic heterocycles. The molecule has 1 fully saturated rings. The molecule has 0 saturated heterocycles. The van der Waals surface area contributed by atoms with Crippen LogP contribution in [0.15, 0.2) is 54.6 Å². The largest absolute Gasteiger partial charge is 0.508 e. The fourth-order valence-corrected chi connectivity index (χ4v) is 3.87. The third-order valence-corrected chi connectivity index (χ3v) is 5.24. The minimum Gasteiger partial charge on any atom is -0.508 e. The molecule has 1 aliphatic carbocycles. The number of phenolic OH excluding ortho intramolecular Hbond substituents is 1. The predicted molar refractivity (Wildman–Crippen MR) is 99.2 cm³/mol. The van der Waals surface area contributed by atoms with Gasteiger partial charge in [-0.15, -0.1) is 0 Å². The Morgan fingerprint density at radius 3 is 2.38 bits per heavy atom. The molecule has 0 amide bonds. The first-order chi connectivity index (χ1) is 11.6. The standard InChI is InChI=1S/C21H28N2O/c1-23(2)21-14-18(22-15-16-8-11-19(24)12-9-16)10-13-20(21)17-6-4-3-5-7-17/h3-9,11-12,18,20-22,24H,10,13-15H2,1-2H3/t18-,20+,21?/m0/s1. The van der Waals surface area contributed by atoms with Crippen molar-refractivity contribution in [2.45, 2.75) is 43.8 Å². The van der Waals surface area contributed by atoms with Crippen molar-refractivity contribution in [3.05, 3.63) is 65.7 Å². The summed E-state index contributed by atoms with van der Waals surface area (Å²) >= 11 is 0. The summed E-state index contributed by atoms with van der Waals surface area (Å²) in [5, 5.41) is 13.1. The second-order valence-corrected chi connectivity index (χ2v) is 7.11. The van der Waals surface area contributed by atoms with Gasteiger partial charge in [0.2, 0.25) is 0 Å². The number of aromatic hydroxyl groups is 1. The number of nitrogens with zero attached hydrogens (tertiary/aromatic N) is 1. The van der Waals surface area contributed by atoms with Crippen LogP contribution in [0.25, 0.3) is 0 Å². The third kappa shape index (κ3) is 4.16. The Balaban J connectivity index is 1.61. The van der Waals surface area contributed by atoms with E-state index in [1.807, 2.05) is 12.1 Å². The van der Waals surface area contributed by atoms with Crippen LogP contribution in [0.3, 0.4) is 0 Å². The van der Waals surface area contributed by atoms with Crippen LogP contribution in [0.1, 0.15) is 36.3 Å². The molecule has 3 nitrogen and oxygen atoms in total. The fourth-order valence-electron chi connectivity index (χ4n) is 3.87. The van der Waals surface area contributed by atoms with E-state index in [-0.39, 0.29) is 0 Å². The quantitative estimate of drug-likeness (QED) is 0.879. The molecular weight excluding hydrogens is 296 g/mol.